The van der Waals surface area contributed by atoms with Gasteiger partial charge in [-0.2, -0.15) is 0 Å². The number of benzene rings is 2. The summed E-state index contributed by atoms with van der Waals surface area (Å²) in [5.41, 5.74) is 1.71. The van der Waals surface area contributed by atoms with Crippen molar-refractivity contribution < 1.29 is 13.2 Å². The molecule has 2 heterocycles. The van der Waals surface area contributed by atoms with Crippen molar-refractivity contribution in [3.8, 4) is 0 Å². The van der Waals surface area contributed by atoms with Crippen LogP contribution in [0.1, 0.15) is 54.9 Å². The fourth-order valence-corrected chi connectivity index (χ4v) is 5.37. The Morgan fingerprint density at radius 1 is 1.03 bits per heavy atom. The van der Waals surface area contributed by atoms with Gasteiger partial charge < -0.3 is 9.88 Å². The normalized spacial score (nSPS) is 14.6. The van der Waals surface area contributed by atoms with E-state index < -0.39 is 15.5 Å². The number of anilines is 1. The summed E-state index contributed by atoms with van der Waals surface area (Å²) in [6.07, 6.45) is 4.35. The Hall–Kier alpha value is -3.13. The van der Waals surface area contributed by atoms with Crippen molar-refractivity contribution in [3.63, 3.8) is 0 Å². The van der Waals surface area contributed by atoms with Gasteiger partial charge in [0.2, 0.25) is 5.43 Å². The zero-order valence-electron chi connectivity index (χ0n) is 19.2. The molecule has 3 aromatic rings. The molecule has 1 saturated heterocycles. The quantitative estimate of drug-likeness (QED) is 0.612. The number of piperidine rings is 1. The van der Waals surface area contributed by atoms with Crippen molar-refractivity contribution in [1.29, 1.82) is 0 Å². The van der Waals surface area contributed by atoms with Crippen molar-refractivity contribution >= 4 is 32.5 Å². The molecular formula is C25H29N3O4S. The summed E-state index contributed by atoms with van der Waals surface area (Å²) < 4.78 is 27.8. The first-order chi connectivity index (χ1) is 15.7. The smallest absolute Gasteiger partial charge is 0.264 e. The molecule has 0 aliphatic carbocycles. The number of pyridine rings is 1. The summed E-state index contributed by atoms with van der Waals surface area (Å²) >= 11 is 0. The van der Waals surface area contributed by atoms with Gasteiger partial charge in [0, 0.05) is 37.2 Å². The molecule has 0 spiro atoms. The van der Waals surface area contributed by atoms with Gasteiger partial charge in [-0.1, -0.05) is 26.0 Å². The van der Waals surface area contributed by atoms with E-state index in [1.807, 2.05) is 12.1 Å². The molecule has 0 radical (unpaired) electrons. The predicted octanol–water partition coefficient (Wildman–Crippen LogP) is 4.10. The van der Waals surface area contributed by atoms with Gasteiger partial charge in [-0.25, -0.2) is 8.42 Å². The molecule has 8 heteroatoms. The number of amides is 1. The van der Waals surface area contributed by atoms with Gasteiger partial charge in [0.05, 0.1) is 10.6 Å². The lowest BCUT2D eigenvalue weighted by Gasteiger charge is -2.26. The number of hydrogen-bond acceptors (Lipinski definition) is 4. The van der Waals surface area contributed by atoms with Crippen LogP contribution in [0.3, 0.4) is 0 Å². The molecule has 4 rings (SSSR count). The van der Waals surface area contributed by atoms with E-state index in [1.54, 1.807) is 23.1 Å². The maximum atomic E-state index is 13.3. The lowest BCUT2D eigenvalue weighted by Crippen LogP contribution is -2.38. The molecule has 0 bridgehead atoms. The van der Waals surface area contributed by atoms with Crippen molar-refractivity contribution in [1.82, 2.24) is 9.88 Å². The van der Waals surface area contributed by atoms with Gasteiger partial charge >= 0.3 is 0 Å². The molecule has 1 amide bonds. The minimum atomic E-state index is -3.90. The van der Waals surface area contributed by atoms with Gasteiger partial charge in [0.25, 0.3) is 15.9 Å². The Labute approximate surface area is 194 Å². The fraction of sp³-hybridized carbons (Fsp3) is 0.360. The molecule has 0 unspecified atom stereocenters. The molecule has 1 N–H and O–H groups in total. The highest BCUT2D eigenvalue weighted by Crippen LogP contribution is 2.26. The van der Waals surface area contributed by atoms with Crippen LogP contribution in [0, 0.1) is 0 Å². The average molecular weight is 468 g/mol. The summed E-state index contributed by atoms with van der Waals surface area (Å²) in [5.74, 6) is 0.0310. The number of H-pyrrole nitrogens is 1. The molecule has 174 valence electrons. The number of sulfonamides is 1. The average Bonchev–Trinajstić information content (AvgIpc) is 2.83. The first kappa shape index (κ1) is 23.0. The summed E-state index contributed by atoms with van der Waals surface area (Å²) in [6, 6.07) is 11.8. The number of rotatable bonds is 5. The molecular weight excluding hydrogens is 438 g/mol. The van der Waals surface area contributed by atoms with Crippen molar-refractivity contribution in [2.24, 2.45) is 0 Å². The Kier molecular flexibility index (Phi) is 6.30. The maximum absolute atomic E-state index is 13.3. The standard InChI is InChI=1S/C25H29N3O4S/c1-17(2)18-7-9-19(10-8-18)27(3)33(31,32)20-11-12-23-21(15-20)24(29)22(16-26-23)25(30)28-13-5-4-6-14-28/h7-12,15-17H,4-6,13-14H2,1-3H3,(H,26,29). The van der Waals surface area contributed by atoms with E-state index in [9.17, 15) is 18.0 Å². The van der Waals surface area contributed by atoms with Crippen molar-refractivity contribution in [2.45, 2.75) is 43.9 Å². The maximum Gasteiger partial charge on any atom is 0.264 e. The molecule has 7 nitrogen and oxygen atoms in total. The number of carbonyl (C=O) groups is 1. The Morgan fingerprint density at radius 2 is 1.70 bits per heavy atom. The van der Waals surface area contributed by atoms with E-state index in [4.69, 9.17) is 0 Å². The second-order valence-electron chi connectivity index (χ2n) is 8.81. The third-order valence-corrected chi connectivity index (χ3v) is 8.09. The minimum Gasteiger partial charge on any atom is -0.360 e. The lowest BCUT2D eigenvalue weighted by molar-refractivity contribution is 0.0723. The first-order valence-electron chi connectivity index (χ1n) is 11.2. The number of aromatic nitrogens is 1. The topological polar surface area (TPSA) is 90.6 Å². The van der Waals surface area contributed by atoms with Crippen LogP contribution in [-0.4, -0.2) is 44.3 Å². The van der Waals surface area contributed by atoms with Crippen LogP contribution in [0.4, 0.5) is 5.69 Å². The van der Waals surface area contributed by atoms with E-state index in [0.717, 1.165) is 24.8 Å². The summed E-state index contributed by atoms with van der Waals surface area (Å²) in [4.78, 5) is 30.7. The second-order valence-corrected chi connectivity index (χ2v) is 10.8. The van der Waals surface area contributed by atoms with E-state index in [1.165, 1.54) is 29.7 Å². The number of nitrogens with one attached hydrogen (secondary N) is 1. The molecule has 0 atom stereocenters. The molecule has 1 fully saturated rings. The largest absolute Gasteiger partial charge is 0.360 e. The first-order valence-corrected chi connectivity index (χ1v) is 12.7. The van der Waals surface area contributed by atoms with E-state index in [-0.39, 0.29) is 21.8 Å². The van der Waals surface area contributed by atoms with Crippen molar-refractivity contribution in [3.05, 3.63) is 70.0 Å². The van der Waals surface area contributed by atoms with Crippen LogP contribution in [0.25, 0.3) is 10.9 Å². The van der Waals surface area contributed by atoms with E-state index >= 15 is 0 Å². The van der Waals surface area contributed by atoms with E-state index in [2.05, 4.69) is 18.8 Å². The van der Waals surface area contributed by atoms with Crippen LogP contribution in [-0.2, 0) is 10.0 Å². The van der Waals surface area contributed by atoms with Crippen molar-refractivity contribution in [2.75, 3.05) is 24.4 Å². The van der Waals surface area contributed by atoms with Gasteiger partial charge in [-0.05, 0) is 61.1 Å². The van der Waals surface area contributed by atoms with Crippen LogP contribution < -0.4 is 9.73 Å². The zero-order valence-corrected chi connectivity index (χ0v) is 20.0. The van der Waals surface area contributed by atoms with Crippen LogP contribution in [0.2, 0.25) is 0 Å². The molecule has 1 aliphatic heterocycles. The van der Waals surface area contributed by atoms with Gasteiger partial charge in [0.15, 0.2) is 0 Å². The Balaban J connectivity index is 1.70. The minimum absolute atomic E-state index is 0.00138. The fourth-order valence-electron chi connectivity index (χ4n) is 4.15. The SMILES string of the molecule is CC(C)c1ccc(N(C)S(=O)(=O)c2ccc3[nH]cc(C(=O)N4CCCCC4)c(=O)c3c2)cc1. The summed E-state index contributed by atoms with van der Waals surface area (Å²) in [7, 11) is -2.41. The molecule has 0 saturated carbocycles. The Morgan fingerprint density at radius 3 is 2.33 bits per heavy atom. The molecule has 2 aromatic carbocycles. The highest BCUT2D eigenvalue weighted by Gasteiger charge is 2.25. The van der Waals surface area contributed by atoms with Gasteiger partial charge in [-0.15, -0.1) is 0 Å². The third-order valence-electron chi connectivity index (χ3n) is 6.31. The van der Waals surface area contributed by atoms with Crippen LogP contribution in [0.5, 0.6) is 0 Å². The monoisotopic (exact) mass is 467 g/mol. The lowest BCUT2D eigenvalue weighted by atomic mass is 10.0. The number of likely N-dealkylation sites (tertiary alicyclic amines) is 1. The van der Waals surface area contributed by atoms with Gasteiger partial charge in [0.1, 0.15) is 5.56 Å². The summed E-state index contributed by atoms with van der Waals surface area (Å²) in [6.45, 7) is 5.41. The molecule has 33 heavy (non-hydrogen) atoms. The predicted molar refractivity (Wildman–Crippen MR) is 130 cm³/mol. The van der Waals surface area contributed by atoms with Crippen LogP contribution in [0.15, 0.2) is 58.4 Å². The highest BCUT2D eigenvalue weighted by molar-refractivity contribution is 7.92. The number of carbonyl (C=O) groups excluding carboxylic acids is 1. The van der Waals surface area contributed by atoms with Crippen LogP contribution >= 0.6 is 0 Å². The number of hydrogen-bond donors (Lipinski definition) is 1. The number of aromatic amines is 1. The molecule has 1 aliphatic rings. The van der Waals surface area contributed by atoms with Gasteiger partial charge in [-0.3, -0.25) is 13.9 Å². The zero-order chi connectivity index (χ0) is 23.8. The Bertz CT molecular complexity index is 1340. The second kappa shape index (κ2) is 9.02. The highest BCUT2D eigenvalue weighted by atomic mass is 32.2. The molecule has 1 aromatic heterocycles. The van der Waals surface area contributed by atoms with E-state index in [0.29, 0.717) is 30.2 Å². The third kappa shape index (κ3) is 4.39. The number of nitrogens with zero attached hydrogens (tertiary/aromatic N) is 2. The number of fused-ring (bicyclic) bond motifs is 1. The summed E-state index contributed by atoms with van der Waals surface area (Å²) in [5, 5.41) is 0.183.